The van der Waals surface area contributed by atoms with Gasteiger partial charge in [0.05, 0.1) is 0 Å². The van der Waals surface area contributed by atoms with Crippen molar-refractivity contribution in [1.29, 1.82) is 0 Å². The average Bonchev–Trinajstić information content (AvgIpc) is 2.25. The Hall–Kier alpha value is -1.22. The van der Waals surface area contributed by atoms with E-state index in [4.69, 9.17) is 21.1 Å². The molecule has 8 nitrogen and oxygen atoms in total. The Kier molecular flexibility index (Phi) is 29.7. The number of carbonyl (C=O) groups is 2. The molecule has 0 atom stereocenters. The molecule has 0 spiro atoms. The van der Waals surface area contributed by atoms with Crippen LogP contribution in [0.2, 0.25) is 0 Å². The van der Waals surface area contributed by atoms with Crippen molar-refractivity contribution in [3.8, 4) is 0 Å². The molecule has 0 saturated heterocycles. The van der Waals surface area contributed by atoms with Crippen molar-refractivity contribution >= 4 is 12.8 Å². The SMILES string of the molecule is C=O.NC(N)=O.NCCNCCNCCN. The van der Waals surface area contributed by atoms with Gasteiger partial charge < -0.3 is 38.4 Å². The molecule has 0 saturated carbocycles. The normalized spacial score (nSPS) is 8.12. The summed E-state index contributed by atoms with van der Waals surface area (Å²) >= 11 is 0. The zero-order valence-electron chi connectivity index (χ0n) is 9.58. The van der Waals surface area contributed by atoms with Gasteiger partial charge in [-0.15, -0.1) is 0 Å². The number of carbonyl (C=O) groups excluding carboxylic acids is 2. The lowest BCUT2D eigenvalue weighted by atomic mass is 10.5. The summed E-state index contributed by atoms with van der Waals surface area (Å²) in [7, 11) is 0. The van der Waals surface area contributed by atoms with Gasteiger partial charge in [-0.05, 0) is 0 Å². The zero-order chi connectivity index (χ0) is 13.2. The Bertz CT molecular complexity index is 124. The first-order chi connectivity index (χ1) is 7.65. The number of hydrogen-bond donors (Lipinski definition) is 6. The first-order valence-corrected chi connectivity index (χ1v) is 4.80. The van der Waals surface area contributed by atoms with Gasteiger partial charge in [0.25, 0.3) is 0 Å². The molecule has 2 amide bonds. The Morgan fingerprint density at radius 2 is 1.12 bits per heavy atom. The second-order valence-corrected chi connectivity index (χ2v) is 2.48. The first kappa shape index (κ1) is 20.2. The molecule has 0 aliphatic rings. The molecular formula is C8H24N6O2. The molecule has 0 bridgehead atoms. The van der Waals surface area contributed by atoms with Crippen LogP contribution in [0.4, 0.5) is 4.79 Å². The van der Waals surface area contributed by atoms with Crippen molar-refractivity contribution in [2.45, 2.75) is 0 Å². The van der Waals surface area contributed by atoms with Gasteiger partial charge in [0, 0.05) is 39.3 Å². The summed E-state index contributed by atoms with van der Waals surface area (Å²) in [6.45, 7) is 7.14. The number of amides is 2. The minimum Gasteiger partial charge on any atom is -0.352 e. The number of primary amides is 2. The van der Waals surface area contributed by atoms with E-state index in [1.165, 1.54) is 0 Å². The molecule has 0 rings (SSSR count). The third-order valence-corrected chi connectivity index (χ3v) is 1.12. The highest BCUT2D eigenvalue weighted by molar-refractivity contribution is 5.69. The maximum Gasteiger partial charge on any atom is 0.309 e. The van der Waals surface area contributed by atoms with E-state index in [1.807, 2.05) is 6.79 Å². The third kappa shape index (κ3) is 53.1. The molecule has 0 aromatic heterocycles. The van der Waals surface area contributed by atoms with Crippen LogP contribution in [-0.2, 0) is 4.79 Å². The van der Waals surface area contributed by atoms with Gasteiger partial charge in [-0.2, -0.15) is 0 Å². The maximum absolute atomic E-state index is 9.00. The number of nitrogens with one attached hydrogen (secondary N) is 2. The lowest BCUT2D eigenvalue weighted by molar-refractivity contribution is -0.0979. The highest BCUT2D eigenvalue weighted by atomic mass is 16.2. The smallest absolute Gasteiger partial charge is 0.309 e. The summed E-state index contributed by atoms with van der Waals surface area (Å²) in [5.41, 5.74) is 19.0. The average molecular weight is 236 g/mol. The fraction of sp³-hybridized carbons (Fsp3) is 0.750. The van der Waals surface area contributed by atoms with Crippen LogP contribution in [0.5, 0.6) is 0 Å². The number of hydrogen-bond acceptors (Lipinski definition) is 6. The predicted molar refractivity (Wildman–Crippen MR) is 64.7 cm³/mol. The number of nitrogens with two attached hydrogens (primary N) is 4. The van der Waals surface area contributed by atoms with Crippen LogP contribution in [0, 0.1) is 0 Å². The Morgan fingerprint density at radius 3 is 1.31 bits per heavy atom. The van der Waals surface area contributed by atoms with E-state index in [9.17, 15) is 0 Å². The van der Waals surface area contributed by atoms with E-state index in [1.54, 1.807) is 0 Å². The Morgan fingerprint density at radius 1 is 0.875 bits per heavy atom. The van der Waals surface area contributed by atoms with Crippen LogP contribution >= 0.6 is 0 Å². The maximum atomic E-state index is 9.00. The predicted octanol–water partition coefficient (Wildman–Crippen LogP) is -3.08. The van der Waals surface area contributed by atoms with E-state index in [2.05, 4.69) is 22.1 Å². The first-order valence-electron chi connectivity index (χ1n) is 4.80. The summed E-state index contributed by atoms with van der Waals surface area (Å²) in [6.07, 6.45) is 0. The van der Waals surface area contributed by atoms with E-state index >= 15 is 0 Å². The highest BCUT2D eigenvalue weighted by Crippen LogP contribution is 1.57. The van der Waals surface area contributed by atoms with Crippen molar-refractivity contribution in [3.63, 3.8) is 0 Å². The molecule has 0 aliphatic carbocycles. The fourth-order valence-electron chi connectivity index (χ4n) is 0.631. The van der Waals surface area contributed by atoms with Crippen LogP contribution in [0.15, 0.2) is 0 Å². The minimum absolute atomic E-state index is 0.705. The van der Waals surface area contributed by atoms with Crippen molar-refractivity contribution < 1.29 is 9.59 Å². The van der Waals surface area contributed by atoms with Gasteiger partial charge in [-0.25, -0.2) is 4.79 Å². The highest BCUT2D eigenvalue weighted by Gasteiger charge is 1.83. The van der Waals surface area contributed by atoms with Crippen LogP contribution < -0.4 is 33.6 Å². The van der Waals surface area contributed by atoms with Gasteiger partial charge in [0.2, 0.25) is 0 Å². The second-order valence-electron chi connectivity index (χ2n) is 2.48. The number of rotatable bonds is 7. The van der Waals surface area contributed by atoms with Gasteiger partial charge in [0.15, 0.2) is 0 Å². The zero-order valence-corrected chi connectivity index (χ0v) is 9.58. The van der Waals surface area contributed by atoms with E-state index in [0.29, 0.717) is 13.1 Å². The summed E-state index contributed by atoms with van der Waals surface area (Å²) in [5, 5.41) is 6.33. The number of urea groups is 1. The van der Waals surface area contributed by atoms with Crippen molar-refractivity contribution in [2.24, 2.45) is 22.9 Å². The van der Waals surface area contributed by atoms with Crippen molar-refractivity contribution in [3.05, 3.63) is 0 Å². The van der Waals surface area contributed by atoms with Gasteiger partial charge >= 0.3 is 6.03 Å². The molecule has 0 aromatic rings. The molecule has 0 heterocycles. The van der Waals surface area contributed by atoms with Crippen molar-refractivity contribution in [1.82, 2.24) is 10.6 Å². The summed E-state index contributed by atoms with van der Waals surface area (Å²) in [4.78, 5) is 17.0. The van der Waals surface area contributed by atoms with Gasteiger partial charge in [-0.3, -0.25) is 0 Å². The molecule has 16 heavy (non-hydrogen) atoms. The van der Waals surface area contributed by atoms with E-state index in [-0.39, 0.29) is 0 Å². The summed E-state index contributed by atoms with van der Waals surface area (Å²) in [5.74, 6) is 0. The summed E-state index contributed by atoms with van der Waals surface area (Å²) < 4.78 is 0. The van der Waals surface area contributed by atoms with Gasteiger partial charge in [-0.1, -0.05) is 0 Å². The van der Waals surface area contributed by atoms with Crippen LogP contribution in [0.25, 0.3) is 0 Å². The minimum atomic E-state index is -0.833. The molecule has 8 heteroatoms. The summed E-state index contributed by atoms with van der Waals surface area (Å²) in [6, 6.07) is -0.833. The van der Waals surface area contributed by atoms with Gasteiger partial charge in [0.1, 0.15) is 6.79 Å². The molecule has 0 unspecified atom stereocenters. The largest absolute Gasteiger partial charge is 0.352 e. The fourth-order valence-corrected chi connectivity index (χ4v) is 0.631. The Balaban J connectivity index is -0.000000237. The quantitative estimate of drug-likeness (QED) is 0.257. The third-order valence-electron chi connectivity index (χ3n) is 1.12. The monoisotopic (exact) mass is 236 g/mol. The molecule has 98 valence electrons. The van der Waals surface area contributed by atoms with Crippen LogP contribution in [-0.4, -0.2) is 52.1 Å². The molecule has 0 aliphatic heterocycles. The van der Waals surface area contributed by atoms with E-state index < -0.39 is 6.03 Å². The Labute approximate surface area is 96.1 Å². The van der Waals surface area contributed by atoms with Crippen LogP contribution in [0.3, 0.4) is 0 Å². The molecular weight excluding hydrogens is 212 g/mol. The molecule has 0 fully saturated rings. The molecule has 0 aromatic carbocycles. The topological polar surface area (TPSA) is 162 Å². The van der Waals surface area contributed by atoms with E-state index in [0.717, 1.165) is 26.2 Å². The standard InChI is InChI=1S/C6H18N4.CH4N2O.CH2O/c7-1-3-9-5-6-10-4-2-8;2-1(3)4;1-2/h9-10H,1-8H2;(H4,2,3,4);1H2. The van der Waals surface area contributed by atoms with Crippen molar-refractivity contribution in [2.75, 3.05) is 39.3 Å². The lowest BCUT2D eigenvalue weighted by Gasteiger charge is -2.03. The lowest BCUT2D eigenvalue weighted by Crippen LogP contribution is -2.32. The van der Waals surface area contributed by atoms with Crippen LogP contribution in [0.1, 0.15) is 0 Å². The molecule has 0 radical (unpaired) electrons. The molecule has 10 N–H and O–H groups in total. The second kappa shape index (κ2) is 23.5.